The van der Waals surface area contributed by atoms with Gasteiger partial charge >= 0.3 is 0 Å². The molecule has 0 aromatic heterocycles. The zero-order valence-electron chi connectivity index (χ0n) is 8.92. The van der Waals surface area contributed by atoms with Crippen LogP contribution in [0.2, 0.25) is 0 Å². The van der Waals surface area contributed by atoms with Gasteiger partial charge in [-0.3, -0.25) is 4.90 Å². The number of rotatable bonds is 4. The number of nitrogens with zero attached hydrogens (tertiary/aromatic N) is 1. The van der Waals surface area contributed by atoms with E-state index in [1.165, 1.54) is 6.42 Å². The summed E-state index contributed by atoms with van der Waals surface area (Å²) in [6.07, 6.45) is 2.34. The smallest absolute Gasteiger partial charge is 0.0219 e. The van der Waals surface area contributed by atoms with Gasteiger partial charge in [0, 0.05) is 38.3 Å². The van der Waals surface area contributed by atoms with Gasteiger partial charge in [0.2, 0.25) is 0 Å². The van der Waals surface area contributed by atoms with Crippen LogP contribution in [0.4, 0.5) is 0 Å². The van der Waals surface area contributed by atoms with Crippen molar-refractivity contribution in [1.29, 1.82) is 0 Å². The van der Waals surface area contributed by atoms with E-state index in [9.17, 15) is 0 Å². The van der Waals surface area contributed by atoms with Crippen LogP contribution in [0.3, 0.4) is 0 Å². The van der Waals surface area contributed by atoms with Crippen LogP contribution in [0.15, 0.2) is 0 Å². The third-order valence-corrected chi connectivity index (χ3v) is 2.97. The normalized spacial score (nSPS) is 24.2. The van der Waals surface area contributed by atoms with Crippen molar-refractivity contribution < 1.29 is 0 Å². The van der Waals surface area contributed by atoms with E-state index in [1.54, 1.807) is 0 Å². The first-order chi connectivity index (χ1) is 6.25. The lowest BCUT2D eigenvalue weighted by atomic mass is 10.0. The Bertz CT molecular complexity index is 132. The predicted octanol–water partition coefficient (Wildman–Crippen LogP) is 0.408. The molecule has 0 aliphatic carbocycles. The summed E-state index contributed by atoms with van der Waals surface area (Å²) in [5.74, 6) is 0. The van der Waals surface area contributed by atoms with Gasteiger partial charge in [-0.05, 0) is 13.3 Å². The van der Waals surface area contributed by atoms with Gasteiger partial charge in [0.05, 0.1) is 0 Å². The summed E-state index contributed by atoms with van der Waals surface area (Å²) in [6.45, 7) is 8.99. The van der Waals surface area contributed by atoms with Crippen LogP contribution in [0.25, 0.3) is 0 Å². The molecule has 0 radical (unpaired) electrons. The predicted molar refractivity (Wildman–Crippen MR) is 56.8 cm³/mol. The van der Waals surface area contributed by atoms with E-state index in [0.29, 0.717) is 12.1 Å². The van der Waals surface area contributed by atoms with Crippen molar-refractivity contribution in [2.45, 2.75) is 38.8 Å². The molecule has 0 amide bonds. The van der Waals surface area contributed by atoms with Crippen LogP contribution in [0, 0.1) is 0 Å². The fourth-order valence-corrected chi connectivity index (χ4v) is 1.93. The Balaban J connectivity index is 2.31. The van der Waals surface area contributed by atoms with Crippen LogP contribution in [0.1, 0.15) is 26.7 Å². The van der Waals surface area contributed by atoms with Crippen LogP contribution >= 0.6 is 0 Å². The molecule has 1 heterocycles. The van der Waals surface area contributed by atoms with E-state index in [-0.39, 0.29) is 0 Å². The maximum Gasteiger partial charge on any atom is 0.0219 e. The lowest BCUT2D eigenvalue weighted by molar-refractivity contribution is 0.159. The third kappa shape index (κ3) is 3.25. The largest absolute Gasteiger partial charge is 0.326 e. The monoisotopic (exact) mass is 185 g/mol. The second-order valence-electron chi connectivity index (χ2n) is 3.98. The number of hydrogen-bond donors (Lipinski definition) is 2. The summed E-state index contributed by atoms with van der Waals surface area (Å²) >= 11 is 0. The van der Waals surface area contributed by atoms with Gasteiger partial charge in [-0.1, -0.05) is 13.3 Å². The summed E-state index contributed by atoms with van der Waals surface area (Å²) in [6, 6.07) is 0.894. The molecule has 0 spiro atoms. The van der Waals surface area contributed by atoms with Crippen molar-refractivity contribution in [1.82, 2.24) is 10.2 Å². The van der Waals surface area contributed by atoms with E-state index < -0.39 is 0 Å². The molecule has 3 nitrogen and oxygen atoms in total. The highest BCUT2D eigenvalue weighted by atomic mass is 15.2. The Labute approximate surface area is 81.7 Å². The summed E-state index contributed by atoms with van der Waals surface area (Å²) in [5, 5.41) is 3.36. The van der Waals surface area contributed by atoms with Crippen molar-refractivity contribution in [2.75, 3.05) is 26.2 Å². The minimum absolute atomic E-state index is 0.350. The standard InChI is InChI=1S/C10H23N3/c1-3-4-10(11)9(2)13-7-5-12-6-8-13/h9-10,12H,3-8,11H2,1-2H3. The van der Waals surface area contributed by atoms with E-state index in [2.05, 4.69) is 24.1 Å². The van der Waals surface area contributed by atoms with Gasteiger partial charge in [0.1, 0.15) is 0 Å². The van der Waals surface area contributed by atoms with E-state index >= 15 is 0 Å². The van der Waals surface area contributed by atoms with Crippen molar-refractivity contribution in [2.24, 2.45) is 5.73 Å². The quantitative estimate of drug-likeness (QED) is 0.666. The fourth-order valence-electron chi connectivity index (χ4n) is 1.93. The van der Waals surface area contributed by atoms with Crippen molar-refractivity contribution >= 4 is 0 Å². The molecule has 1 saturated heterocycles. The van der Waals surface area contributed by atoms with Crippen LogP contribution < -0.4 is 11.1 Å². The Morgan fingerprint density at radius 3 is 2.54 bits per heavy atom. The first-order valence-corrected chi connectivity index (χ1v) is 5.46. The molecule has 3 heteroatoms. The molecule has 78 valence electrons. The van der Waals surface area contributed by atoms with Crippen molar-refractivity contribution in [3.8, 4) is 0 Å². The Hall–Kier alpha value is -0.120. The second kappa shape index (κ2) is 5.58. The number of nitrogens with two attached hydrogens (primary N) is 1. The maximum absolute atomic E-state index is 6.10. The second-order valence-corrected chi connectivity index (χ2v) is 3.98. The molecule has 0 saturated carbocycles. The van der Waals surface area contributed by atoms with Gasteiger partial charge in [0.15, 0.2) is 0 Å². The first-order valence-electron chi connectivity index (χ1n) is 5.46. The topological polar surface area (TPSA) is 41.3 Å². The zero-order valence-corrected chi connectivity index (χ0v) is 8.92. The molecule has 2 atom stereocenters. The average molecular weight is 185 g/mol. The number of nitrogens with one attached hydrogen (secondary N) is 1. The highest BCUT2D eigenvalue weighted by Gasteiger charge is 2.20. The van der Waals surface area contributed by atoms with Gasteiger partial charge in [-0.15, -0.1) is 0 Å². The molecule has 2 unspecified atom stereocenters. The van der Waals surface area contributed by atoms with E-state index in [0.717, 1.165) is 32.6 Å². The van der Waals surface area contributed by atoms with Crippen LogP contribution in [-0.2, 0) is 0 Å². The van der Waals surface area contributed by atoms with Gasteiger partial charge < -0.3 is 11.1 Å². The van der Waals surface area contributed by atoms with E-state index in [4.69, 9.17) is 5.73 Å². The molecule has 3 N–H and O–H groups in total. The molecular formula is C10H23N3. The first kappa shape index (κ1) is 11.0. The average Bonchev–Trinajstić information content (AvgIpc) is 2.18. The Morgan fingerprint density at radius 2 is 2.00 bits per heavy atom. The SMILES string of the molecule is CCCC(N)C(C)N1CCNCC1. The van der Waals surface area contributed by atoms with Gasteiger partial charge in [-0.25, -0.2) is 0 Å². The van der Waals surface area contributed by atoms with Crippen LogP contribution in [0.5, 0.6) is 0 Å². The van der Waals surface area contributed by atoms with Crippen molar-refractivity contribution in [3.05, 3.63) is 0 Å². The lowest BCUT2D eigenvalue weighted by Gasteiger charge is -2.35. The molecule has 1 fully saturated rings. The fraction of sp³-hybridized carbons (Fsp3) is 1.00. The summed E-state index contributed by atoms with van der Waals surface area (Å²) in [4.78, 5) is 2.50. The number of piperazine rings is 1. The highest BCUT2D eigenvalue weighted by Crippen LogP contribution is 2.08. The Morgan fingerprint density at radius 1 is 1.38 bits per heavy atom. The van der Waals surface area contributed by atoms with E-state index in [1.807, 2.05) is 0 Å². The number of hydrogen-bond acceptors (Lipinski definition) is 3. The molecule has 0 aromatic carbocycles. The highest BCUT2D eigenvalue weighted by molar-refractivity contribution is 4.81. The molecular weight excluding hydrogens is 162 g/mol. The zero-order chi connectivity index (χ0) is 9.68. The third-order valence-electron chi connectivity index (χ3n) is 2.97. The Kier molecular flexibility index (Phi) is 4.70. The molecule has 1 aliphatic rings. The minimum Gasteiger partial charge on any atom is -0.326 e. The van der Waals surface area contributed by atoms with Gasteiger partial charge in [-0.2, -0.15) is 0 Å². The molecule has 13 heavy (non-hydrogen) atoms. The molecule has 0 bridgehead atoms. The molecule has 1 rings (SSSR count). The maximum atomic E-state index is 6.10. The lowest BCUT2D eigenvalue weighted by Crippen LogP contribution is -2.53. The minimum atomic E-state index is 0.350. The summed E-state index contributed by atoms with van der Waals surface area (Å²) < 4.78 is 0. The molecule has 1 aliphatic heterocycles. The van der Waals surface area contributed by atoms with Gasteiger partial charge in [0.25, 0.3) is 0 Å². The molecule has 0 aromatic rings. The summed E-state index contributed by atoms with van der Waals surface area (Å²) in [7, 11) is 0. The van der Waals surface area contributed by atoms with Crippen molar-refractivity contribution in [3.63, 3.8) is 0 Å². The van der Waals surface area contributed by atoms with Crippen LogP contribution in [-0.4, -0.2) is 43.2 Å². The summed E-state index contributed by atoms with van der Waals surface area (Å²) in [5.41, 5.74) is 6.10.